The van der Waals surface area contributed by atoms with E-state index in [9.17, 15) is 29.3 Å². The summed E-state index contributed by atoms with van der Waals surface area (Å²) in [6.45, 7) is -0.575. The minimum atomic E-state index is -0.739. The van der Waals surface area contributed by atoms with E-state index in [4.69, 9.17) is 16.3 Å². The van der Waals surface area contributed by atoms with E-state index in [0.29, 0.717) is 11.5 Å². The van der Waals surface area contributed by atoms with Crippen molar-refractivity contribution in [3.05, 3.63) is 99.1 Å². The van der Waals surface area contributed by atoms with Gasteiger partial charge >= 0.3 is 0 Å². The Morgan fingerprint density at radius 2 is 1.44 bits per heavy atom. The van der Waals surface area contributed by atoms with Gasteiger partial charge in [0.15, 0.2) is 5.78 Å². The molecule has 1 saturated heterocycles. The summed E-state index contributed by atoms with van der Waals surface area (Å²) in [6.07, 6.45) is 0.720. The van der Waals surface area contributed by atoms with E-state index in [2.05, 4.69) is 31.9 Å². The van der Waals surface area contributed by atoms with E-state index in [-0.39, 0.29) is 43.3 Å². The third-order valence-corrected chi connectivity index (χ3v) is 11.8. The molecule has 3 amide bonds. The first-order valence-corrected chi connectivity index (χ1v) is 15.6. The number of hydrogen-bond donors (Lipinski definition) is 0. The second kappa shape index (κ2) is 11.5. The maximum absolute atomic E-state index is 13.8. The van der Waals surface area contributed by atoms with Crippen molar-refractivity contribution in [2.24, 2.45) is 23.7 Å². The highest BCUT2D eigenvalue weighted by molar-refractivity contribution is 9.12. The number of ether oxygens (including phenoxy) is 1. The molecule has 43 heavy (non-hydrogen) atoms. The quantitative estimate of drug-likeness (QED) is 0.0907. The molecule has 1 aliphatic heterocycles. The molecule has 0 spiro atoms. The number of hydrogen-bond acceptors (Lipinski definition) is 7. The maximum atomic E-state index is 13.8. The molecule has 3 aromatic carbocycles. The van der Waals surface area contributed by atoms with Crippen LogP contribution in [-0.4, -0.2) is 54.6 Å². The van der Waals surface area contributed by atoms with Gasteiger partial charge in [0.2, 0.25) is 0 Å². The molecule has 2 saturated carbocycles. The first-order chi connectivity index (χ1) is 20.6. The van der Waals surface area contributed by atoms with Gasteiger partial charge in [-0.25, -0.2) is 5.01 Å². The number of alkyl halides is 2. The standard InChI is InChI=1S/C30H22Br2ClN3O7/c31-26-20-13-21(27(26)32)25-24(20)29(39)35(30(25)40)34(28(38)19-3-1-2-4-22(19)33)14-23(37)15-5-9-17(10-6-15)43-18-11-7-16(8-12-18)36(41)42/h1-12,20-21,24-27H,13-14H2/t20-,21-,24-,25+,26-,27+/m1/s1. The van der Waals surface area contributed by atoms with Crippen LogP contribution in [0, 0.1) is 33.8 Å². The summed E-state index contributed by atoms with van der Waals surface area (Å²) in [5, 5.41) is 12.8. The second-order valence-electron chi connectivity index (χ2n) is 10.6. The topological polar surface area (TPSA) is 127 Å². The largest absolute Gasteiger partial charge is 0.457 e. The Kier molecular flexibility index (Phi) is 7.86. The number of nitro benzene ring substituents is 1. The molecule has 13 heteroatoms. The van der Waals surface area contributed by atoms with Crippen molar-refractivity contribution in [3.63, 3.8) is 0 Å². The Bertz CT molecular complexity index is 1620. The number of amides is 3. The van der Waals surface area contributed by atoms with E-state index < -0.39 is 46.8 Å². The van der Waals surface area contributed by atoms with Crippen molar-refractivity contribution in [3.8, 4) is 11.5 Å². The summed E-state index contributed by atoms with van der Waals surface area (Å²) in [7, 11) is 0. The predicted molar refractivity (Wildman–Crippen MR) is 162 cm³/mol. The molecule has 0 aromatic heterocycles. The van der Waals surface area contributed by atoms with Crippen LogP contribution in [0.25, 0.3) is 0 Å². The Balaban J connectivity index is 1.25. The molecule has 6 atom stereocenters. The normalized spacial score (nSPS) is 25.5. The molecular formula is C30H22Br2ClN3O7. The summed E-state index contributed by atoms with van der Waals surface area (Å²) < 4.78 is 5.71. The van der Waals surface area contributed by atoms with Gasteiger partial charge < -0.3 is 4.74 Å². The zero-order valence-electron chi connectivity index (χ0n) is 22.1. The van der Waals surface area contributed by atoms with E-state index in [1.165, 1.54) is 60.7 Å². The lowest BCUT2D eigenvalue weighted by atomic mass is 9.81. The van der Waals surface area contributed by atoms with Gasteiger partial charge in [0.1, 0.15) is 18.0 Å². The molecule has 3 aromatic rings. The first-order valence-electron chi connectivity index (χ1n) is 13.3. The third kappa shape index (κ3) is 5.15. The number of carbonyl (C=O) groups excluding carboxylic acids is 4. The van der Waals surface area contributed by atoms with E-state index in [1.807, 2.05) is 0 Å². The number of non-ortho nitro benzene ring substituents is 1. The van der Waals surface area contributed by atoms with Crippen LogP contribution in [0.15, 0.2) is 72.8 Å². The van der Waals surface area contributed by atoms with Gasteiger partial charge in [-0.05, 0) is 66.8 Å². The zero-order valence-corrected chi connectivity index (χ0v) is 26.1. The van der Waals surface area contributed by atoms with Crippen LogP contribution in [0.1, 0.15) is 27.1 Å². The van der Waals surface area contributed by atoms with Crippen molar-refractivity contribution in [2.45, 2.75) is 16.1 Å². The minimum Gasteiger partial charge on any atom is -0.457 e. The fourth-order valence-electron chi connectivity index (χ4n) is 6.29. The fraction of sp³-hybridized carbons (Fsp3) is 0.267. The molecule has 220 valence electrons. The summed E-state index contributed by atoms with van der Waals surface area (Å²) in [6, 6.07) is 17.9. The summed E-state index contributed by atoms with van der Waals surface area (Å²) in [5.41, 5.74) is 0.198. The van der Waals surface area contributed by atoms with Gasteiger partial charge in [-0.15, -0.1) is 0 Å². The lowest BCUT2D eigenvalue weighted by Crippen LogP contribution is -2.52. The van der Waals surface area contributed by atoms with Crippen molar-refractivity contribution in [2.75, 3.05) is 6.54 Å². The zero-order chi connectivity index (χ0) is 30.6. The average Bonchev–Trinajstić information content (AvgIpc) is 3.61. The number of rotatable bonds is 8. The van der Waals surface area contributed by atoms with Crippen LogP contribution in [0.4, 0.5) is 5.69 Å². The molecular weight excluding hydrogens is 710 g/mol. The van der Waals surface area contributed by atoms with Crippen LogP contribution in [0.3, 0.4) is 0 Å². The molecule has 0 radical (unpaired) electrons. The van der Waals surface area contributed by atoms with Crippen molar-refractivity contribution >= 4 is 72.7 Å². The summed E-state index contributed by atoms with van der Waals surface area (Å²) in [5.74, 6) is -2.81. The number of fused-ring (bicyclic) bond motifs is 5. The molecule has 1 heterocycles. The molecule has 0 unspecified atom stereocenters. The Labute approximate surface area is 267 Å². The predicted octanol–water partition coefficient (Wildman–Crippen LogP) is 6.06. The highest BCUT2D eigenvalue weighted by atomic mass is 79.9. The van der Waals surface area contributed by atoms with Crippen molar-refractivity contribution in [1.29, 1.82) is 0 Å². The third-order valence-electron chi connectivity index (χ3n) is 8.30. The van der Waals surface area contributed by atoms with Gasteiger partial charge in [0, 0.05) is 27.4 Å². The molecule has 10 nitrogen and oxygen atoms in total. The van der Waals surface area contributed by atoms with Crippen molar-refractivity contribution in [1.82, 2.24) is 10.0 Å². The SMILES string of the molecule is O=C(CN(C(=O)c1ccccc1Cl)N1C(=O)[C@@H]2[C@H]3C[C@@H]([C@H](Br)[C@@H]3Br)[C@@H]2C1=O)c1ccc(Oc2ccc([N+](=O)[O-])cc2)cc1. The van der Waals surface area contributed by atoms with Crippen LogP contribution >= 0.6 is 43.5 Å². The highest BCUT2D eigenvalue weighted by Crippen LogP contribution is 2.60. The van der Waals surface area contributed by atoms with Crippen LogP contribution in [0.2, 0.25) is 5.02 Å². The smallest absolute Gasteiger partial charge is 0.274 e. The number of imide groups is 1. The Morgan fingerprint density at radius 3 is 1.98 bits per heavy atom. The summed E-state index contributed by atoms with van der Waals surface area (Å²) in [4.78, 5) is 65.3. The van der Waals surface area contributed by atoms with Gasteiger partial charge in [-0.2, -0.15) is 5.01 Å². The maximum Gasteiger partial charge on any atom is 0.274 e. The molecule has 3 aliphatic rings. The fourth-order valence-corrected chi connectivity index (χ4v) is 8.38. The monoisotopic (exact) mass is 729 g/mol. The Hall–Kier alpha value is -3.61. The van der Waals surface area contributed by atoms with Gasteiger partial charge in [-0.1, -0.05) is 55.6 Å². The molecule has 2 aliphatic carbocycles. The lowest BCUT2D eigenvalue weighted by Gasteiger charge is -2.31. The summed E-state index contributed by atoms with van der Waals surface area (Å²) >= 11 is 13.6. The number of ketones is 1. The number of Topliss-reactive ketones (excluding diaryl/α,β-unsaturated/α-hetero) is 1. The van der Waals surface area contributed by atoms with Gasteiger partial charge in [-0.3, -0.25) is 29.3 Å². The average molecular weight is 732 g/mol. The second-order valence-corrected chi connectivity index (χ2v) is 13.2. The van der Waals surface area contributed by atoms with Gasteiger partial charge in [0.05, 0.1) is 27.3 Å². The lowest BCUT2D eigenvalue weighted by molar-refractivity contribution is -0.384. The minimum absolute atomic E-state index is 0.0107. The van der Waals surface area contributed by atoms with Crippen molar-refractivity contribution < 1.29 is 28.8 Å². The number of carbonyl (C=O) groups is 4. The number of nitrogens with zero attached hydrogens (tertiary/aromatic N) is 3. The Morgan fingerprint density at radius 1 is 0.907 bits per heavy atom. The molecule has 3 fully saturated rings. The van der Waals surface area contributed by atoms with E-state index >= 15 is 0 Å². The number of hydrazine groups is 1. The molecule has 6 rings (SSSR count). The van der Waals surface area contributed by atoms with Crippen LogP contribution in [0.5, 0.6) is 11.5 Å². The number of nitro groups is 1. The van der Waals surface area contributed by atoms with E-state index in [0.717, 1.165) is 16.4 Å². The van der Waals surface area contributed by atoms with Gasteiger partial charge in [0.25, 0.3) is 23.4 Å². The van der Waals surface area contributed by atoms with Crippen LogP contribution in [-0.2, 0) is 9.59 Å². The molecule has 0 N–H and O–H groups in total. The van der Waals surface area contributed by atoms with E-state index in [1.54, 1.807) is 12.1 Å². The number of benzene rings is 3. The first kappa shape index (κ1) is 29.5. The van der Waals surface area contributed by atoms with Crippen LogP contribution < -0.4 is 4.74 Å². The highest BCUT2D eigenvalue weighted by Gasteiger charge is 2.67. The number of halogens is 3. The molecule has 2 bridgehead atoms.